The number of unbranched alkanes of at least 4 members (excludes halogenated alkanes) is 39. The number of likely N-dealkylation sites (N-methyl/N-ethyl adjacent to an activating group) is 1. The summed E-state index contributed by atoms with van der Waals surface area (Å²) in [6, 6.07) is 0. The van der Waals surface area contributed by atoms with Crippen molar-refractivity contribution < 1.29 is 42.9 Å². The molecule has 0 N–H and O–H groups in total. The SMILES string of the molecule is CC/C=C\C/C=C\C/C=C\C/C=C\C/C=C\C/C=C\C/C=C\CCCCCCCCCCCCCCCC(=O)OC(COC(=O)CCCCCCCCCCCCCCCCCCCCCCCCCCCCC)COC(OCC[N+](C)(C)C)C(=O)[O-]. The van der Waals surface area contributed by atoms with E-state index in [9.17, 15) is 19.5 Å². The standard InChI is InChI=1S/C78H139NO8/c1-6-8-10-12-14-16-18-20-22-24-26-28-30-32-34-35-36-37-38-39-40-41-43-45-47-49-51-53-55-57-59-61-63-65-67-69-76(81)87-74(73-86-78(77(82)83)84-71-70-79(3,4)5)72-85-75(80)68-66-64-62-60-58-56-54-52-50-48-46-44-42-33-31-29-27-25-23-21-19-17-15-13-11-9-7-2/h8,10,14,16,20,22,26,28,32,34,36-37,39-40,74,78H,6-7,9,11-13,15,17-19,21,23-25,27,29-31,33,35,38,41-73H2,1-5H3/b10-8-,16-14-,22-20-,28-26-,34-32-,37-36-,40-39-. The van der Waals surface area contributed by atoms with E-state index < -0.39 is 24.3 Å². The molecule has 2 atom stereocenters. The van der Waals surface area contributed by atoms with Crippen molar-refractivity contribution in [3.05, 3.63) is 85.1 Å². The van der Waals surface area contributed by atoms with Crippen LogP contribution in [-0.4, -0.2) is 82.3 Å². The van der Waals surface area contributed by atoms with Crippen LogP contribution in [-0.2, 0) is 33.3 Å². The molecule has 0 aliphatic carbocycles. The smallest absolute Gasteiger partial charge is 0.306 e. The molecule has 87 heavy (non-hydrogen) atoms. The number of carboxylic acid groups (broad SMARTS) is 1. The van der Waals surface area contributed by atoms with Crippen LogP contribution in [0, 0.1) is 0 Å². The maximum atomic E-state index is 12.9. The van der Waals surface area contributed by atoms with Crippen LogP contribution in [0.15, 0.2) is 85.1 Å². The first kappa shape index (κ1) is 83.5. The monoisotopic (exact) mass is 1220 g/mol. The van der Waals surface area contributed by atoms with Crippen molar-refractivity contribution in [3.8, 4) is 0 Å². The van der Waals surface area contributed by atoms with E-state index in [4.69, 9.17) is 18.9 Å². The average Bonchev–Trinajstić information content (AvgIpc) is 3.56. The van der Waals surface area contributed by atoms with Gasteiger partial charge < -0.3 is 33.3 Å². The Morgan fingerprint density at radius 2 is 0.655 bits per heavy atom. The van der Waals surface area contributed by atoms with Crippen LogP contribution in [0.1, 0.15) is 335 Å². The molecule has 0 amide bonds. The molecule has 9 heteroatoms. The van der Waals surface area contributed by atoms with E-state index in [0.717, 1.165) is 83.5 Å². The third kappa shape index (κ3) is 69.8. The van der Waals surface area contributed by atoms with E-state index in [-0.39, 0.29) is 32.2 Å². The summed E-state index contributed by atoms with van der Waals surface area (Å²) < 4.78 is 22.8. The number of carbonyl (C=O) groups is 3. The number of aliphatic carboxylic acids is 1. The molecule has 0 fully saturated rings. The number of rotatable bonds is 68. The summed E-state index contributed by atoms with van der Waals surface area (Å²) in [7, 11) is 5.94. The minimum atomic E-state index is -1.62. The molecular formula is C78H139NO8. The average molecular weight is 1220 g/mol. The van der Waals surface area contributed by atoms with Crippen LogP contribution < -0.4 is 5.11 Å². The summed E-state index contributed by atoms with van der Waals surface area (Å²) in [6.45, 7) is 4.68. The minimum Gasteiger partial charge on any atom is -0.545 e. The molecule has 0 bridgehead atoms. The third-order valence-electron chi connectivity index (χ3n) is 16.2. The maximum absolute atomic E-state index is 12.9. The van der Waals surface area contributed by atoms with E-state index in [2.05, 4.69) is 98.9 Å². The molecule has 0 heterocycles. The number of hydrogen-bond acceptors (Lipinski definition) is 8. The van der Waals surface area contributed by atoms with Crippen LogP contribution in [0.5, 0.6) is 0 Å². The second-order valence-corrected chi connectivity index (χ2v) is 25.9. The molecule has 0 aromatic heterocycles. The topological polar surface area (TPSA) is 111 Å². The zero-order valence-corrected chi connectivity index (χ0v) is 57.6. The molecule has 2 unspecified atom stereocenters. The summed E-state index contributed by atoms with van der Waals surface area (Å²) in [5.41, 5.74) is 0. The number of allylic oxidation sites excluding steroid dienone is 14. The van der Waals surface area contributed by atoms with Gasteiger partial charge in [-0.3, -0.25) is 9.59 Å². The van der Waals surface area contributed by atoms with Gasteiger partial charge in [0.25, 0.3) is 0 Å². The highest BCUT2D eigenvalue weighted by Gasteiger charge is 2.22. The van der Waals surface area contributed by atoms with Crippen LogP contribution >= 0.6 is 0 Å². The lowest BCUT2D eigenvalue weighted by Crippen LogP contribution is -2.44. The lowest BCUT2D eigenvalue weighted by atomic mass is 10.0. The predicted octanol–water partition coefficient (Wildman–Crippen LogP) is 21.7. The van der Waals surface area contributed by atoms with Gasteiger partial charge in [-0.05, 0) is 70.6 Å². The number of carboxylic acids is 1. The molecule has 0 spiro atoms. The van der Waals surface area contributed by atoms with E-state index in [1.165, 1.54) is 218 Å². The van der Waals surface area contributed by atoms with Crippen LogP contribution in [0.4, 0.5) is 0 Å². The molecule has 504 valence electrons. The van der Waals surface area contributed by atoms with Crippen molar-refractivity contribution in [2.45, 2.75) is 347 Å². The highest BCUT2D eigenvalue weighted by molar-refractivity contribution is 5.70. The molecule has 9 nitrogen and oxygen atoms in total. The number of quaternary nitrogens is 1. The third-order valence-corrected chi connectivity index (χ3v) is 16.2. The van der Waals surface area contributed by atoms with Crippen molar-refractivity contribution in [3.63, 3.8) is 0 Å². The predicted molar refractivity (Wildman–Crippen MR) is 371 cm³/mol. The van der Waals surface area contributed by atoms with Crippen molar-refractivity contribution in [2.75, 3.05) is 47.5 Å². The van der Waals surface area contributed by atoms with Crippen LogP contribution in [0.2, 0.25) is 0 Å². The molecule has 0 aromatic rings. The fourth-order valence-electron chi connectivity index (χ4n) is 10.6. The summed E-state index contributed by atoms with van der Waals surface area (Å²) in [6.07, 6.45) is 89.6. The lowest BCUT2D eigenvalue weighted by Gasteiger charge is -2.26. The fourth-order valence-corrected chi connectivity index (χ4v) is 10.6. The summed E-state index contributed by atoms with van der Waals surface area (Å²) in [5.74, 6) is -2.27. The van der Waals surface area contributed by atoms with Crippen LogP contribution in [0.3, 0.4) is 0 Å². The Hall–Kier alpha value is -3.53. The van der Waals surface area contributed by atoms with Crippen molar-refractivity contribution >= 4 is 17.9 Å². The largest absolute Gasteiger partial charge is 0.545 e. The summed E-state index contributed by atoms with van der Waals surface area (Å²) in [5, 5.41) is 11.8. The molecule has 0 aliphatic rings. The first-order valence-electron chi connectivity index (χ1n) is 36.7. The van der Waals surface area contributed by atoms with Crippen molar-refractivity contribution in [1.29, 1.82) is 0 Å². The highest BCUT2D eigenvalue weighted by Crippen LogP contribution is 2.18. The first-order valence-corrected chi connectivity index (χ1v) is 36.7. The fraction of sp³-hybridized carbons (Fsp3) is 0.782. The number of hydrogen-bond donors (Lipinski definition) is 0. The van der Waals surface area contributed by atoms with E-state index in [1.54, 1.807) is 0 Å². The molecule has 0 saturated heterocycles. The Bertz CT molecular complexity index is 1700. The number of esters is 2. The molecule has 0 saturated carbocycles. The molecule has 0 aromatic carbocycles. The van der Waals surface area contributed by atoms with Gasteiger partial charge in [0.05, 0.1) is 40.3 Å². The Labute approximate surface area is 538 Å². The number of carbonyl (C=O) groups excluding carboxylic acids is 3. The van der Waals surface area contributed by atoms with Gasteiger partial charge in [0.15, 0.2) is 12.4 Å². The Morgan fingerprint density at radius 1 is 0.356 bits per heavy atom. The lowest BCUT2D eigenvalue weighted by molar-refractivity contribution is -0.870. The normalized spacial score (nSPS) is 13.2. The zero-order chi connectivity index (χ0) is 63.3. The molecule has 0 rings (SSSR count). The second kappa shape index (κ2) is 68.4. The van der Waals surface area contributed by atoms with Gasteiger partial charge in [0.2, 0.25) is 0 Å². The summed E-state index contributed by atoms with van der Waals surface area (Å²) in [4.78, 5) is 37.5. The van der Waals surface area contributed by atoms with Crippen LogP contribution in [0.25, 0.3) is 0 Å². The zero-order valence-electron chi connectivity index (χ0n) is 57.6. The van der Waals surface area contributed by atoms with Gasteiger partial charge in [-0.15, -0.1) is 0 Å². The Balaban J connectivity index is 4.08. The van der Waals surface area contributed by atoms with E-state index in [1.807, 2.05) is 21.1 Å². The Morgan fingerprint density at radius 3 is 0.977 bits per heavy atom. The number of nitrogens with zero attached hydrogens (tertiary/aromatic N) is 1. The first-order chi connectivity index (χ1) is 42.6. The van der Waals surface area contributed by atoms with Crippen molar-refractivity contribution in [2.24, 2.45) is 0 Å². The molecule has 0 aliphatic heterocycles. The quantitative estimate of drug-likeness (QED) is 0.0195. The van der Waals surface area contributed by atoms with Gasteiger partial charge in [-0.2, -0.15) is 0 Å². The van der Waals surface area contributed by atoms with Gasteiger partial charge in [0, 0.05) is 12.8 Å². The number of ether oxygens (including phenoxy) is 4. The molecule has 0 radical (unpaired) electrons. The summed E-state index contributed by atoms with van der Waals surface area (Å²) >= 11 is 0. The van der Waals surface area contributed by atoms with E-state index in [0.29, 0.717) is 23.9 Å². The second-order valence-electron chi connectivity index (χ2n) is 25.9. The maximum Gasteiger partial charge on any atom is 0.306 e. The van der Waals surface area contributed by atoms with E-state index >= 15 is 0 Å². The minimum absolute atomic E-state index is 0.147. The van der Waals surface area contributed by atoms with Gasteiger partial charge in [-0.25, -0.2) is 0 Å². The van der Waals surface area contributed by atoms with Crippen molar-refractivity contribution in [1.82, 2.24) is 0 Å². The molecular weight excluding hydrogens is 1080 g/mol. The Kier molecular flexibility index (Phi) is 65.6. The van der Waals surface area contributed by atoms with Gasteiger partial charge in [0.1, 0.15) is 13.2 Å². The van der Waals surface area contributed by atoms with Gasteiger partial charge >= 0.3 is 11.9 Å². The van der Waals surface area contributed by atoms with Gasteiger partial charge in [-0.1, -0.05) is 336 Å². The highest BCUT2D eigenvalue weighted by atomic mass is 16.7.